The zero-order chi connectivity index (χ0) is 20.1. The maximum atomic E-state index is 11.1. The van der Waals surface area contributed by atoms with Crippen molar-refractivity contribution >= 4 is 29.0 Å². The third-order valence-electron chi connectivity index (χ3n) is 5.42. The first kappa shape index (κ1) is 19.9. The first-order valence-electron chi connectivity index (χ1n) is 9.94. The Balaban J connectivity index is 1.70. The van der Waals surface area contributed by atoms with Crippen LogP contribution in [0.2, 0.25) is 0 Å². The lowest BCUT2D eigenvalue weighted by Crippen LogP contribution is -2.36. The van der Waals surface area contributed by atoms with E-state index in [4.69, 9.17) is 5.11 Å². The second-order valence-electron chi connectivity index (χ2n) is 7.16. The van der Waals surface area contributed by atoms with Gasteiger partial charge >= 0.3 is 5.97 Å². The number of piperidine rings is 1. The molecule has 0 atom stereocenters. The van der Waals surface area contributed by atoms with E-state index >= 15 is 0 Å². The highest BCUT2D eigenvalue weighted by atomic mass is 16.4. The van der Waals surface area contributed by atoms with E-state index in [-0.39, 0.29) is 5.92 Å². The van der Waals surface area contributed by atoms with Gasteiger partial charge in [-0.15, -0.1) is 0 Å². The minimum Gasteiger partial charge on any atom is -0.481 e. The molecule has 1 aromatic heterocycles. The molecule has 7 nitrogen and oxygen atoms in total. The van der Waals surface area contributed by atoms with Crippen molar-refractivity contribution in [2.75, 3.05) is 41.3 Å². The van der Waals surface area contributed by atoms with Crippen molar-refractivity contribution in [2.45, 2.75) is 33.6 Å². The lowest BCUT2D eigenvalue weighted by molar-refractivity contribution is -0.142. The van der Waals surface area contributed by atoms with Crippen LogP contribution < -0.4 is 15.1 Å². The van der Waals surface area contributed by atoms with Gasteiger partial charge in [0.05, 0.1) is 5.92 Å². The highest BCUT2D eigenvalue weighted by Gasteiger charge is 2.25. The summed E-state index contributed by atoms with van der Waals surface area (Å²) in [6.45, 7) is 9.77. The molecule has 28 heavy (non-hydrogen) atoms. The fourth-order valence-electron chi connectivity index (χ4n) is 3.66. The second-order valence-corrected chi connectivity index (χ2v) is 7.16. The standard InChI is InChI=1S/C21H29N5O2/c1-4-25(5-2)17-6-7-18(15(3)12-17)24-19-13-20(23-14-22-19)26-10-8-16(9-11-26)21(27)28/h6-7,12-14,16H,4-5,8-11H2,1-3H3,(H,27,28)(H,22,23,24). The summed E-state index contributed by atoms with van der Waals surface area (Å²) >= 11 is 0. The SMILES string of the molecule is CCN(CC)c1ccc(Nc2cc(N3CCC(C(=O)O)CC3)ncn2)c(C)c1. The van der Waals surface area contributed by atoms with Crippen molar-refractivity contribution in [3.8, 4) is 0 Å². The quantitative estimate of drug-likeness (QED) is 0.755. The third kappa shape index (κ3) is 4.52. The number of carbonyl (C=O) groups is 1. The molecule has 2 heterocycles. The first-order chi connectivity index (χ1) is 13.5. The number of anilines is 4. The molecule has 1 saturated heterocycles. The lowest BCUT2D eigenvalue weighted by Gasteiger charge is -2.31. The van der Waals surface area contributed by atoms with Gasteiger partial charge in [-0.1, -0.05) is 0 Å². The monoisotopic (exact) mass is 383 g/mol. The highest BCUT2D eigenvalue weighted by molar-refractivity contribution is 5.70. The van der Waals surface area contributed by atoms with Gasteiger partial charge in [-0.25, -0.2) is 9.97 Å². The molecule has 1 fully saturated rings. The zero-order valence-corrected chi connectivity index (χ0v) is 16.9. The second kappa shape index (κ2) is 8.91. The minimum absolute atomic E-state index is 0.248. The van der Waals surface area contributed by atoms with Crippen LogP contribution in [0.15, 0.2) is 30.6 Å². The Morgan fingerprint density at radius 2 is 1.93 bits per heavy atom. The minimum atomic E-state index is -0.701. The molecule has 1 aromatic carbocycles. The number of carboxylic acids is 1. The van der Waals surface area contributed by atoms with Crippen LogP contribution >= 0.6 is 0 Å². The van der Waals surface area contributed by atoms with Crippen LogP contribution in [0.5, 0.6) is 0 Å². The largest absolute Gasteiger partial charge is 0.481 e. The summed E-state index contributed by atoms with van der Waals surface area (Å²) in [5, 5.41) is 12.5. The van der Waals surface area contributed by atoms with Gasteiger partial charge in [0.2, 0.25) is 0 Å². The van der Waals surface area contributed by atoms with Crippen molar-refractivity contribution in [1.29, 1.82) is 0 Å². The van der Waals surface area contributed by atoms with Crippen LogP contribution in [0.1, 0.15) is 32.3 Å². The maximum absolute atomic E-state index is 11.1. The van der Waals surface area contributed by atoms with Crippen LogP contribution in [0.3, 0.4) is 0 Å². The number of rotatable bonds is 7. The smallest absolute Gasteiger partial charge is 0.306 e. The predicted molar refractivity (Wildman–Crippen MR) is 113 cm³/mol. The van der Waals surface area contributed by atoms with E-state index in [9.17, 15) is 4.79 Å². The maximum Gasteiger partial charge on any atom is 0.306 e. The summed E-state index contributed by atoms with van der Waals surface area (Å²) in [5.41, 5.74) is 3.40. The Morgan fingerprint density at radius 3 is 2.54 bits per heavy atom. The molecule has 0 amide bonds. The number of hydrogen-bond donors (Lipinski definition) is 2. The van der Waals surface area contributed by atoms with Gasteiger partial charge in [0, 0.05) is 43.6 Å². The van der Waals surface area contributed by atoms with Gasteiger partial charge in [-0.3, -0.25) is 4.79 Å². The van der Waals surface area contributed by atoms with E-state index in [2.05, 4.69) is 64.1 Å². The molecular weight excluding hydrogens is 354 g/mol. The van der Waals surface area contributed by atoms with Crippen LogP contribution in [-0.4, -0.2) is 47.2 Å². The van der Waals surface area contributed by atoms with E-state index in [1.807, 2.05) is 6.07 Å². The van der Waals surface area contributed by atoms with Crippen molar-refractivity contribution in [3.05, 3.63) is 36.2 Å². The number of aryl methyl sites for hydroxylation is 1. The molecule has 1 aliphatic rings. The Hall–Kier alpha value is -2.83. The van der Waals surface area contributed by atoms with E-state index in [0.717, 1.165) is 36.0 Å². The molecule has 0 bridgehead atoms. The van der Waals surface area contributed by atoms with Gasteiger partial charge in [0.1, 0.15) is 18.0 Å². The van der Waals surface area contributed by atoms with Crippen molar-refractivity contribution < 1.29 is 9.90 Å². The summed E-state index contributed by atoms with van der Waals surface area (Å²) in [7, 11) is 0. The summed E-state index contributed by atoms with van der Waals surface area (Å²) in [6, 6.07) is 8.33. The average molecular weight is 383 g/mol. The zero-order valence-electron chi connectivity index (χ0n) is 16.9. The van der Waals surface area contributed by atoms with E-state index in [1.165, 1.54) is 5.69 Å². The Labute approximate surface area is 166 Å². The molecular formula is C21H29N5O2. The Bertz CT molecular complexity index is 814. The van der Waals surface area contributed by atoms with Gasteiger partial charge in [-0.2, -0.15) is 0 Å². The first-order valence-corrected chi connectivity index (χ1v) is 9.94. The van der Waals surface area contributed by atoms with Gasteiger partial charge in [0.25, 0.3) is 0 Å². The number of nitrogens with zero attached hydrogens (tertiary/aromatic N) is 4. The summed E-state index contributed by atoms with van der Waals surface area (Å²) in [4.78, 5) is 24.3. The number of aromatic nitrogens is 2. The third-order valence-corrected chi connectivity index (χ3v) is 5.42. The molecule has 2 N–H and O–H groups in total. The van der Waals surface area contributed by atoms with Crippen LogP contribution in [0.4, 0.5) is 23.0 Å². The molecule has 7 heteroatoms. The normalized spacial score (nSPS) is 14.8. The topological polar surface area (TPSA) is 81.6 Å². The molecule has 0 radical (unpaired) electrons. The average Bonchev–Trinajstić information content (AvgIpc) is 2.71. The van der Waals surface area contributed by atoms with Crippen molar-refractivity contribution in [3.63, 3.8) is 0 Å². The molecule has 2 aromatic rings. The van der Waals surface area contributed by atoms with Gasteiger partial charge < -0.3 is 20.2 Å². The molecule has 1 aliphatic heterocycles. The van der Waals surface area contributed by atoms with Gasteiger partial charge in [0.15, 0.2) is 0 Å². The summed E-state index contributed by atoms with van der Waals surface area (Å²) < 4.78 is 0. The lowest BCUT2D eigenvalue weighted by atomic mass is 9.97. The number of carboxylic acid groups (broad SMARTS) is 1. The molecule has 0 spiro atoms. The summed E-state index contributed by atoms with van der Waals surface area (Å²) in [5.74, 6) is 0.624. The molecule has 150 valence electrons. The number of nitrogens with one attached hydrogen (secondary N) is 1. The van der Waals surface area contributed by atoms with E-state index in [0.29, 0.717) is 25.9 Å². The number of aliphatic carboxylic acids is 1. The van der Waals surface area contributed by atoms with Crippen LogP contribution in [0.25, 0.3) is 0 Å². The van der Waals surface area contributed by atoms with Crippen molar-refractivity contribution in [1.82, 2.24) is 9.97 Å². The molecule has 3 rings (SSSR count). The van der Waals surface area contributed by atoms with E-state index < -0.39 is 5.97 Å². The fraction of sp³-hybridized carbons (Fsp3) is 0.476. The fourth-order valence-corrected chi connectivity index (χ4v) is 3.66. The molecule has 0 unspecified atom stereocenters. The Kier molecular flexibility index (Phi) is 6.34. The Morgan fingerprint density at radius 1 is 1.21 bits per heavy atom. The van der Waals surface area contributed by atoms with E-state index in [1.54, 1.807) is 6.33 Å². The summed E-state index contributed by atoms with van der Waals surface area (Å²) in [6.07, 6.45) is 2.85. The molecule has 0 aliphatic carbocycles. The number of hydrogen-bond acceptors (Lipinski definition) is 6. The number of benzene rings is 1. The predicted octanol–water partition coefficient (Wildman–Crippen LogP) is 3.68. The molecule has 0 saturated carbocycles. The highest BCUT2D eigenvalue weighted by Crippen LogP contribution is 2.27. The van der Waals surface area contributed by atoms with Crippen molar-refractivity contribution in [2.24, 2.45) is 5.92 Å². The van der Waals surface area contributed by atoms with Crippen LogP contribution in [0, 0.1) is 12.8 Å². The van der Waals surface area contributed by atoms with Gasteiger partial charge in [-0.05, 0) is 57.4 Å². The van der Waals surface area contributed by atoms with Crippen LogP contribution in [-0.2, 0) is 4.79 Å².